The van der Waals surface area contributed by atoms with Gasteiger partial charge in [0.25, 0.3) is 5.88 Å². The third-order valence-corrected chi connectivity index (χ3v) is 5.34. The first kappa shape index (κ1) is 32.2. The van der Waals surface area contributed by atoms with Crippen molar-refractivity contribution in [1.29, 1.82) is 0 Å². The van der Waals surface area contributed by atoms with Crippen LogP contribution in [0.25, 0.3) is 0 Å². The number of nitrogens with zero attached hydrogens (tertiary/aromatic N) is 8. The molecule has 0 saturated carbocycles. The van der Waals surface area contributed by atoms with Gasteiger partial charge in [-0.3, -0.25) is 4.98 Å². The van der Waals surface area contributed by atoms with Gasteiger partial charge in [0.1, 0.15) is 5.75 Å². The summed E-state index contributed by atoms with van der Waals surface area (Å²) in [5.41, 5.74) is 0. The molecular weight excluding hydrogens is 634 g/mol. The van der Waals surface area contributed by atoms with Crippen molar-refractivity contribution >= 4 is 46.4 Å². The van der Waals surface area contributed by atoms with Gasteiger partial charge in [0.15, 0.2) is 37.9 Å². The number of halogens is 4. The second-order valence-electron chi connectivity index (χ2n) is 7.16. The molecule has 0 radical (unpaired) electrons. The maximum atomic E-state index is 5.80. The molecule has 0 atom stereocenters. The van der Waals surface area contributed by atoms with E-state index in [1.807, 2.05) is 6.07 Å². The summed E-state index contributed by atoms with van der Waals surface area (Å²) in [6.07, 6.45) is 6.25. The van der Waals surface area contributed by atoms with Gasteiger partial charge in [-0.1, -0.05) is 52.5 Å². The van der Waals surface area contributed by atoms with Gasteiger partial charge in [0.2, 0.25) is 11.6 Å². The van der Waals surface area contributed by atoms with E-state index in [0.717, 1.165) is 0 Å². The lowest BCUT2D eigenvalue weighted by molar-refractivity contribution is 0.365. The van der Waals surface area contributed by atoms with Gasteiger partial charge in [0, 0.05) is 30.6 Å². The Morgan fingerprint density at radius 1 is 0.619 bits per heavy atom. The van der Waals surface area contributed by atoms with Crippen molar-refractivity contribution in [2.75, 3.05) is 21.3 Å². The Bertz CT molecular complexity index is 1560. The molecule has 13 nitrogen and oxygen atoms in total. The molecule has 0 saturated heterocycles. The summed E-state index contributed by atoms with van der Waals surface area (Å²) in [7, 11) is 4.47. The van der Waals surface area contributed by atoms with E-state index in [1.54, 1.807) is 42.9 Å². The lowest BCUT2D eigenvalue weighted by Crippen LogP contribution is -1.95. The topological polar surface area (TPSA) is 149 Å². The second-order valence-corrected chi connectivity index (χ2v) is 8.65. The normalized spacial score (nSPS) is 9.79. The molecule has 0 aliphatic carbocycles. The molecule has 5 heterocycles. The average Bonchev–Trinajstić information content (AvgIpc) is 3.01. The Labute approximate surface area is 259 Å². The number of aromatic nitrogens is 8. The molecule has 0 aromatic carbocycles. The van der Waals surface area contributed by atoms with Crippen LogP contribution in [0.5, 0.6) is 40.5 Å². The maximum absolute atomic E-state index is 5.80. The summed E-state index contributed by atoms with van der Waals surface area (Å²) < 4.78 is 25.8. The van der Waals surface area contributed by atoms with Gasteiger partial charge in [0.05, 0.1) is 33.7 Å². The quantitative estimate of drug-likeness (QED) is 0.190. The zero-order valence-corrected chi connectivity index (χ0v) is 25.0. The predicted octanol–water partition coefficient (Wildman–Crippen LogP) is 6.44. The molecule has 42 heavy (non-hydrogen) atoms. The van der Waals surface area contributed by atoms with Crippen LogP contribution in [0.3, 0.4) is 0 Å². The number of methoxy groups -OCH3 is 3. The van der Waals surface area contributed by atoms with Crippen molar-refractivity contribution in [1.82, 2.24) is 40.6 Å². The van der Waals surface area contributed by atoms with Crippen molar-refractivity contribution in [3.63, 3.8) is 0 Å². The van der Waals surface area contributed by atoms with Crippen molar-refractivity contribution in [3.05, 3.63) is 87.9 Å². The largest absolute Gasteiger partial charge is 0.493 e. The highest BCUT2D eigenvalue weighted by atomic mass is 35.5. The van der Waals surface area contributed by atoms with Crippen LogP contribution in [0.15, 0.2) is 67.3 Å². The summed E-state index contributed by atoms with van der Waals surface area (Å²) in [5.74, 6) is 2.80. The average molecular weight is 654 g/mol. The Morgan fingerprint density at radius 2 is 1.36 bits per heavy atom. The van der Waals surface area contributed by atoms with E-state index >= 15 is 0 Å². The van der Waals surface area contributed by atoms with Gasteiger partial charge >= 0.3 is 0 Å². The first-order chi connectivity index (χ1) is 20.3. The SMILES string of the molecule is COc1c(Oc2ccccn2)cnnc1Cl.COc1cc(Cl)nnc1Cl.COc1cc(Cl)nnc1Oc1cccnc1. The van der Waals surface area contributed by atoms with E-state index in [4.69, 9.17) is 70.1 Å². The molecule has 0 aliphatic heterocycles. The number of hydrogen-bond donors (Lipinski definition) is 0. The third kappa shape index (κ3) is 9.96. The molecule has 0 bridgehead atoms. The van der Waals surface area contributed by atoms with Crippen molar-refractivity contribution in [3.8, 4) is 40.5 Å². The number of pyridine rings is 2. The Morgan fingerprint density at radius 3 is 1.98 bits per heavy atom. The Hall–Kier alpha value is -4.30. The molecule has 5 aromatic heterocycles. The van der Waals surface area contributed by atoms with Crippen LogP contribution in [-0.2, 0) is 0 Å². The molecular formula is C25H20Cl4N8O5. The first-order valence-corrected chi connectivity index (χ1v) is 12.9. The van der Waals surface area contributed by atoms with Gasteiger partial charge in [-0.2, -0.15) is 5.10 Å². The summed E-state index contributed by atoms with van der Waals surface area (Å²) in [6.45, 7) is 0. The van der Waals surface area contributed by atoms with Gasteiger partial charge in [-0.05, 0) is 18.2 Å². The van der Waals surface area contributed by atoms with E-state index in [9.17, 15) is 0 Å². The Kier molecular flexibility index (Phi) is 12.9. The van der Waals surface area contributed by atoms with Crippen molar-refractivity contribution < 1.29 is 23.7 Å². The number of ether oxygens (including phenoxy) is 5. The smallest absolute Gasteiger partial charge is 0.281 e. The van der Waals surface area contributed by atoms with E-state index in [2.05, 4.69) is 40.6 Å². The van der Waals surface area contributed by atoms with E-state index < -0.39 is 0 Å². The fourth-order valence-electron chi connectivity index (χ4n) is 2.67. The number of rotatable bonds is 7. The van der Waals surface area contributed by atoms with Crippen molar-refractivity contribution in [2.45, 2.75) is 0 Å². The van der Waals surface area contributed by atoms with E-state index in [-0.39, 0.29) is 26.5 Å². The highest BCUT2D eigenvalue weighted by Gasteiger charge is 2.12. The molecule has 0 spiro atoms. The van der Waals surface area contributed by atoms with Gasteiger partial charge < -0.3 is 23.7 Å². The van der Waals surface area contributed by atoms with Gasteiger partial charge in [-0.25, -0.2) is 4.98 Å². The monoisotopic (exact) mass is 652 g/mol. The maximum Gasteiger partial charge on any atom is 0.281 e. The van der Waals surface area contributed by atoms with Crippen LogP contribution in [0.1, 0.15) is 0 Å². The summed E-state index contributed by atoms with van der Waals surface area (Å²) in [6, 6.07) is 11.9. The molecule has 0 N–H and O–H groups in total. The molecule has 0 unspecified atom stereocenters. The van der Waals surface area contributed by atoms with E-state index in [0.29, 0.717) is 34.6 Å². The third-order valence-electron chi connectivity index (χ3n) is 4.46. The highest BCUT2D eigenvalue weighted by Crippen LogP contribution is 2.34. The highest BCUT2D eigenvalue weighted by molar-refractivity contribution is 6.32. The molecule has 0 aliphatic rings. The minimum atomic E-state index is 0.149. The van der Waals surface area contributed by atoms with Crippen LogP contribution in [-0.4, -0.2) is 61.9 Å². The lowest BCUT2D eigenvalue weighted by atomic mass is 10.4. The fraction of sp³-hybridized carbons (Fsp3) is 0.120. The first-order valence-electron chi connectivity index (χ1n) is 11.4. The molecule has 0 amide bonds. The van der Waals surface area contributed by atoms with Crippen LogP contribution in [0, 0.1) is 0 Å². The summed E-state index contributed by atoms with van der Waals surface area (Å²) in [5, 5.41) is 22.7. The van der Waals surface area contributed by atoms with E-state index in [1.165, 1.54) is 39.7 Å². The molecule has 5 rings (SSSR count). The Balaban J connectivity index is 0.000000178. The molecule has 5 aromatic rings. The minimum absolute atomic E-state index is 0.149. The van der Waals surface area contributed by atoms with Crippen LogP contribution >= 0.6 is 46.4 Å². The van der Waals surface area contributed by atoms with Crippen LogP contribution in [0.2, 0.25) is 20.6 Å². The van der Waals surface area contributed by atoms with Crippen LogP contribution in [0.4, 0.5) is 0 Å². The minimum Gasteiger partial charge on any atom is -0.493 e. The zero-order chi connectivity index (χ0) is 30.3. The molecule has 218 valence electrons. The standard InChI is InChI=1S/2C10H8ClN3O2.C5H4Cl2N2O/c1-15-8-5-9(11)13-14-10(8)16-7-3-2-4-12-6-7;1-15-9-7(6-13-14-10(9)11)16-8-4-2-3-5-12-8;1-10-3-2-4(6)8-9-5(3)7/h2*2-6H,1H3;2H,1H3. The lowest BCUT2D eigenvalue weighted by Gasteiger charge is -2.08. The molecule has 0 fully saturated rings. The molecule has 17 heteroatoms. The van der Waals surface area contributed by atoms with Crippen LogP contribution < -0.4 is 23.7 Å². The predicted molar refractivity (Wildman–Crippen MR) is 154 cm³/mol. The fourth-order valence-corrected chi connectivity index (χ4v) is 3.33. The van der Waals surface area contributed by atoms with Gasteiger partial charge in [-0.15, -0.1) is 25.5 Å². The second kappa shape index (κ2) is 16.8. The summed E-state index contributed by atoms with van der Waals surface area (Å²) >= 11 is 22.5. The van der Waals surface area contributed by atoms with Crippen molar-refractivity contribution in [2.24, 2.45) is 0 Å². The summed E-state index contributed by atoms with van der Waals surface area (Å²) in [4.78, 5) is 7.92. The number of hydrogen-bond acceptors (Lipinski definition) is 13. The zero-order valence-electron chi connectivity index (χ0n) is 22.0.